The van der Waals surface area contributed by atoms with Crippen LogP contribution in [0.4, 0.5) is 5.69 Å². The zero-order valence-electron chi connectivity index (χ0n) is 9.58. The monoisotopic (exact) mass is 211 g/mol. The van der Waals surface area contributed by atoms with E-state index in [4.69, 9.17) is 4.99 Å². The SMILES string of the molecule is c1ccc2c(c1)N=C1CCC[C@@H]3CCC[C@@]123. The molecule has 0 N–H and O–H groups in total. The van der Waals surface area contributed by atoms with Gasteiger partial charge in [0.05, 0.1) is 5.69 Å². The summed E-state index contributed by atoms with van der Waals surface area (Å²) in [5, 5.41) is 0. The molecule has 1 heterocycles. The van der Waals surface area contributed by atoms with Crippen molar-refractivity contribution in [1.29, 1.82) is 0 Å². The maximum atomic E-state index is 4.92. The first-order chi connectivity index (χ1) is 7.91. The van der Waals surface area contributed by atoms with Crippen LogP contribution in [-0.2, 0) is 5.41 Å². The second kappa shape index (κ2) is 2.97. The molecule has 1 spiro atoms. The van der Waals surface area contributed by atoms with Crippen LogP contribution in [-0.4, -0.2) is 5.71 Å². The molecule has 1 heteroatoms. The van der Waals surface area contributed by atoms with E-state index < -0.39 is 0 Å². The van der Waals surface area contributed by atoms with Crippen LogP contribution in [0.1, 0.15) is 44.1 Å². The van der Waals surface area contributed by atoms with E-state index >= 15 is 0 Å². The van der Waals surface area contributed by atoms with E-state index in [1.165, 1.54) is 49.9 Å². The first-order valence-electron chi connectivity index (χ1n) is 6.59. The average molecular weight is 211 g/mol. The van der Waals surface area contributed by atoms with Crippen LogP contribution >= 0.6 is 0 Å². The highest BCUT2D eigenvalue weighted by Gasteiger charge is 2.52. The number of rotatable bonds is 0. The van der Waals surface area contributed by atoms with Crippen LogP contribution < -0.4 is 0 Å². The van der Waals surface area contributed by atoms with E-state index in [1.54, 1.807) is 5.56 Å². The molecule has 2 atom stereocenters. The molecule has 1 aromatic carbocycles. The Balaban J connectivity index is 1.97. The van der Waals surface area contributed by atoms with Gasteiger partial charge in [-0.1, -0.05) is 24.6 Å². The number of fused-ring (bicyclic) bond motifs is 1. The molecule has 1 aliphatic heterocycles. The van der Waals surface area contributed by atoms with Crippen molar-refractivity contribution >= 4 is 11.4 Å². The van der Waals surface area contributed by atoms with Crippen LogP contribution in [0.5, 0.6) is 0 Å². The van der Waals surface area contributed by atoms with E-state index in [0.717, 1.165) is 5.92 Å². The molecular weight excluding hydrogens is 194 g/mol. The Bertz CT molecular complexity index is 474. The van der Waals surface area contributed by atoms with E-state index in [9.17, 15) is 0 Å². The first-order valence-corrected chi connectivity index (χ1v) is 6.59. The van der Waals surface area contributed by atoms with Crippen LogP contribution in [0.2, 0.25) is 0 Å². The molecule has 3 aliphatic rings. The van der Waals surface area contributed by atoms with Crippen molar-refractivity contribution in [2.24, 2.45) is 10.9 Å². The number of nitrogens with zero attached hydrogens (tertiary/aromatic N) is 1. The molecule has 2 saturated carbocycles. The fourth-order valence-corrected chi connectivity index (χ4v) is 4.35. The molecule has 4 rings (SSSR count). The second-order valence-electron chi connectivity index (χ2n) is 5.53. The third-order valence-corrected chi connectivity index (χ3v) is 4.94. The van der Waals surface area contributed by atoms with Crippen LogP contribution in [0.15, 0.2) is 29.3 Å². The summed E-state index contributed by atoms with van der Waals surface area (Å²) in [5.41, 5.74) is 4.72. The number of hydrogen-bond acceptors (Lipinski definition) is 1. The molecular formula is C15H17N. The van der Waals surface area contributed by atoms with Crippen molar-refractivity contribution in [3.8, 4) is 0 Å². The van der Waals surface area contributed by atoms with Gasteiger partial charge in [0, 0.05) is 11.1 Å². The van der Waals surface area contributed by atoms with Crippen molar-refractivity contribution in [3.05, 3.63) is 29.8 Å². The van der Waals surface area contributed by atoms with Crippen molar-refractivity contribution in [2.75, 3.05) is 0 Å². The molecule has 82 valence electrons. The average Bonchev–Trinajstić information content (AvgIpc) is 2.87. The Morgan fingerprint density at radius 3 is 3.00 bits per heavy atom. The van der Waals surface area contributed by atoms with Gasteiger partial charge >= 0.3 is 0 Å². The van der Waals surface area contributed by atoms with Gasteiger partial charge in [0.25, 0.3) is 0 Å². The lowest BCUT2D eigenvalue weighted by atomic mass is 9.64. The van der Waals surface area contributed by atoms with Gasteiger partial charge in [0.2, 0.25) is 0 Å². The highest BCUT2D eigenvalue weighted by atomic mass is 14.8. The Hall–Kier alpha value is -1.11. The van der Waals surface area contributed by atoms with Gasteiger partial charge in [-0.05, 0) is 49.7 Å². The largest absolute Gasteiger partial charge is 0.257 e. The zero-order chi connectivity index (χ0) is 10.6. The van der Waals surface area contributed by atoms with Gasteiger partial charge in [-0.15, -0.1) is 0 Å². The molecule has 1 aromatic rings. The maximum Gasteiger partial charge on any atom is 0.0671 e. The molecule has 0 radical (unpaired) electrons. The highest BCUT2D eigenvalue weighted by Crippen LogP contribution is 2.57. The lowest BCUT2D eigenvalue weighted by Crippen LogP contribution is -2.40. The highest BCUT2D eigenvalue weighted by molar-refractivity contribution is 6.03. The summed E-state index contributed by atoms with van der Waals surface area (Å²) >= 11 is 0. The molecule has 0 unspecified atom stereocenters. The third kappa shape index (κ3) is 0.904. The van der Waals surface area contributed by atoms with Gasteiger partial charge < -0.3 is 0 Å². The van der Waals surface area contributed by atoms with Crippen LogP contribution in [0, 0.1) is 5.92 Å². The topological polar surface area (TPSA) is 12.4 Å². The van der Waals surface area contributed by atoms with Gasteiger partial charge in [0.1, 0.15) is 0 Å². The second-order valence-corrected chi connectivity index (χ2v) is 5.53. The molecule has 2 aliphatic carbocycles. The fourth-order valence-electron chi connectivity index (χ4n) is 4.35. The predicted molar refractivity (Wildman–Crippen MR) is 66.4 cm³/mol. The standard InChI is InChI=1S/C15H17N/c1-2-8-13-12(7-1)15-10-4-6-11(15)5-3-9-14(15)16-13/h1-2,7-8,11H,3-6,9-10H2/t11-,15+/m1/s1. The molecule has 0 bridgehead atoms. The lowest BCUT2D eigenvalue weighted by Gasteiger charge is -2.38. The van der Waals surface area contributed by atoms with E-state index in [0.29, 0.717) is 5.41 Å². The Labute approximate surface area is 96.6 Å². The lowest BCUT2D eigenvalue weighted by molar-refractivity contribution is 0.354. The van der Waals surface area contributed by atoms with Gasteiger partial charge in [-0.3, -0.25) is 4.99 Å². The first kappa shape index (κ1) is 8.98. The fraction of sp³-hybridized carbons (Fsp3) is 0.533. The summed E-state index contributed by atoms with van der Waals surface area (Å²) in [6, 6.07) is 8.84. The summed E-state index contributed by atoms with van der Waals surface area (Å²) in [7, 11) is 0. The summed E-state index contributed by atoms with van der Waals surface area (Å²) in [4.78, 5) is 4.92. The number of hydrogen-bond donors (Lipinski definition) is 0. The normalized spacial score (nSPS) is 35.2. The molecule has 0 aromatic heterocycles. The molecule has 2 fully saturated rings. The van der Waals surface area contributed by atoms with Crippen molar-refractivity contribution < 1.29 is 0 Å². The van der Waals surface area contributed by atoms with E-state index in [-0.39, 0.29) is 0 Å². The molecule has 0 amide bonds. The Morgan fingerprint density at radius 2 is 2.00 bits per heavy atom. The van der Waals surface area contributed by atoms with E-state index in [2.05, 4.69) is 24.3 Å². The summed E-state index contributed by atoms with van der Waals surface area (Å²) < 4.78 is 0. The Kier molecular flexibility index (Phi) is 1.66. The summed E-state index contributed by atoms with van der Waals surface area (Å²) in [6.45, 7) is 0. The summed E-state index contributed by atoms with van der Waals surface area (Å²) in [6.07, 6.45) is 8.21. The van der Waals surface area contributed by atoms with Crippen LogP contribution in [0.25, 0.3) is 0 Å². The minimum atomic E-state index is 0.384. The van der Waals surface area contributed by atoms with Crippen molar-refractivity contribution in [1.82, 2.24) is 0 Å². The van der Waals surface area contributed by atoms with E-state index in [1.807, 2.05) is 0 Å². The minimum Gasteiger partial charge on any atom is -0.257 e. The minimum absolute atomic E-state index is 0.384. The quantitative estimate of drug-likeness (QED) is 0.615. The van der Waals surface area contributed by atoms with Gasteiger partial charge in [-0.2, -0.15) is 0 Å². The zero-order valence-corrected chi connectivity index (χ0v) is 9.58. The van der Waals surface area contributed by atoms with Gasteiger partial charge in [0.15, 0.2) is 0 Å². The van der Waals surface area contributed by atoms with Gasteiger partial charge in [-0.25, -0.2) is 0 Å². The molecule has 1 nitrogen and oxygen atoms in total. The summed E-state index contributed by atoms with van der Waals surface area (Å²) in [5.74, 6) is 0.892. The Morgan fingerprint density at radius 1 is 1.12 bits per heavy atom. The number of benzene rings is 1. The van der Waals surface area contributed by atoms with Crippen molar-refractivity contribution in [2.45, 2.75) is 43.9 Å². The number of aliphatic imine (C=N–C) groups is 1. The molecule has 16 heavy (non-hydrogen) atoms. The third-order valence-electron chi connectivity index (χ3n) is 4.94. The number of para-hydroxylation sites is 1. The maximum absolute atomic E-state index is 4.92. The smallest absolute Gasteiger partial charge is 0.0671 e. The van der Waals surface area contributed by atoms with Crippen molar-refractivity contribution in [3.63, 3.8) is 0 Å². The van der Waals surface area contributed by atoms with Crippen LogP contribution in [0.3, 0.4) is 0 Å². The molecule has 0 saturated heterocycles. The predicted octanol–water partition coefficient (Wildman–Crippen LogP) is 3.99.